The van der Waals surface area contributed by atoms with E-state index in [4.69, 9.17) is 4.74 Å². The molecule has 0 atom stereocenters. The van der Waals surface area contributed by atoms with Gasteiger partial charge in [-0.25, -0.2) is 4.39 Å². The summed E-state index contributed by atoms with van der Waals surface area (Å²) in [4.78, 5) is 10.7. The molecule has 4 nitrogen and oxygen atoms in total. The van der Waals surface area contributed by atoms with Gasteiger partial charge in [0.15, 0.2) is 17.9 Å². The zero-order valence-electron chi connectivity index (χ0n) is 9.26. The Kier molecular flexibility index (Phi) is 3.18. The maximum atomic E-state index is 13.4. The molecule has 1 heterocycles. The van der Waals surface area contributed by atoms with Gasteiger partial charge < -0.3 is 4.74 Å². The number of ether oxygens (including phenoxy) is 1. The van der Waals surface area contributed by atoms with Gasteiger partial charge in [0, 0.05) is 18.8 Å². The first-order chi connectivity index (χ1) is 8.20. The lowest BCUT2D eigenvalue weighted by molar-refractivity contribution is 0.111. The van der Waals surface area contributed by atoms with Gasteiger partial charge >= 0.3 is 0 Å². The van der Waals surface area contributed by atoms with Crippen molar-refractivity contribution in [2.24, 2.45) is 7.05 Å². The van der Waals surface area contributed by atoms with E-state index in [9.17, 15) is 9.18 Å². The van der Waals surface area contributed by atoms with Crippen LogP contribution in [0.15, 0.2) is 30.6 Å². The molecule has 17 heavy (non-hydrogen) atoms. The van der Waals surface area contributed by atoms with E-state index in [-0.39, 0.29) is 17.9 Å². The molecule has 5 heteroatoms. The second-order valence-corrected chi connectivity index (χ2v) is 3.59. The van der Waals surface area contributed by atoms with Crippen molar-refractivity contribution in [3.05, 3.63) is 47.5 Å². The maximum absolute atomic E-state index is 13.4. The SMILES string of the molecule is Cn1cc(COc2c(F)cccc2C=O)cn1. The van der Waals surface area contributed by atoms with Crippen LogP contribution in [0.5, 0.6) is 5.75 Å². The third-order valence-electron chi connectivity index (χ3n) is 2.27. The highest BCUT2D eigenvalue weighted by molar-refractivity contribution is 5.79. The predicted octanol–water partition coefficient (Wildman–Crippen LogP) is 1.95. The number of benzene rings is 1. The van der Waals surface area contributed by atoms with Crippen molar-refractivity contribution >= 4 is 6.29 Å². The van der Waals surface area contributed by atoms with Gasteiger partial charge in [-0.1, -0.05) is 6.07 Å². The summed E-state index contributed by atoms with van der Waals surface area (Å²) in [5.74, 6) is -0.565. The van der Waals surface area contributed by atoms with E-state index >= 15 is 0 Å². The number of rotatable bonds is 4. The number of halogens is 1. The average Bonchev–Trinajstić information content (AvgIpc) is 2.73. The van der Waals surface area contributed by atoms with Crippen LogP contribution in [0.25, 0.3) is 0 Å². The van der Waals surface area contributed by atoms with Crippen LogP contribution in [0, 0.1) is 5.82 Å². The molecular formula is C12H11FN2O2. The van der Waals surface area contributed by atoms with Gasteiger partial charge in [0.1, 0.15) is 6.61 Å². The third kappa shape index (κ3) is 2.50. The van der Waals surface area contributed by atoms with Crippen LogP contribution in [0.4, 0.5) is 4.39 Å². The molecule has 0 aliphatic rings. The summed E-state index contributed by atoms with van der Waals surface area (Å²) in [6, 6.07) is 4.23. The summed E-state index contributed by atoms with van der Waals surface area (Å²) < 4.78 is 20.4. The molecule has 0 fully saturated rings. The molecule has 2 rings (SSSR count). The van der Waals surface area contributed by atoms with Crippen molar-refractivity contribution in [1.29, 1.82) is 0 Å². The standard InChI is InChI=1S/C12H11FN2O2/c1-15-6-9(5-14-15)8-17-12-10(7-16)3-2-4-11(12)13/h2-7H,8H2,1H3. The number of aryl methyl sites for hydroxylation is 1. The van der Waals surface area contributed by atoms with Gasteiger partial charge in [0.25, 0.3) is 0 Å². The molecule has 1 aromatic carbocycles. The van der Waals surface area contributed by atoms with Gasteiger partial charge in [-0.05, 0) is 12.1 Å². The summed E-state index contributed by atoms with van der Waals surface area (Å²) in [5, 5.41) is 3.97. The minimum Gasteiger partial charge on any atom is -0.485 e. The van der Waals surface area contributed by atoms with E-state index in [2.05, 4.69) is 5.10 Å². The lowest BCUT2D eigenvalue weighted by Crippen LogP contribution is -2.00. The summed E-state index contributed by atoms with van der Waals surface area (Å²) in [7, 11) is 1.78. The molecule has 0 unspecified atom stereocenters. The molecule has 0 radical (unpaired) electrons. The topological polar surface area (TPSA) is 44.1 Å². The lowest BCUT2D eigenvalue weighted by atomic mass is 10.2. The van der Waals surface area contributed by atoms with E-state index in [0.29, 0.717) is 6.29 Å². The largest absolute Gasteiger partial charge is 0.485 e. The van der Waals surface area contributed by atoms with Crippen molar-refractivity contribution < 1.29 is 13.9 Å². The quantitative estimate of drug-likeness (QED) is 0.759. The second-order valence-electron chi connectivity index (χ2n) is 3.59. The fourth-order valence-corrected chi connectivity index (χ4v) is 1.47. The molecule has 1 aromatic heterocycles. The smallest absolute Gasteiger partial charge is 0.165 e. The molecule has 0 N–H and O–H groups in total. The lowest BCUT2D eigenvalue weighted by Gasteiger charge is -2.07. The van der Waals surface area contributed by atoms with Crippen LogP contribution in [0.3, 0.4) is 0 Å². The summed E-state index contributed by atoms with van der Waals surface area (Å²) >= 11 is 0. The maximum Gasteiger partial charge on any atom is 0.165 e. The molecule has 0 saturated carbocycles. The first kappa shape index (κ1) is 11.3. The van der Waals surface area contributed by atoms with Crippen LogP contribution in [0.1, 0.15) is 15.9 Å². The average molecular weight is 234 g/mol. The first-order valence-electron chi connectivity index (χ1n) is 5.04. The van der Waals surface area contributed by atoms with E-state index in [0.717, 1.165) is 5.56 Å². The van der Waals surface area contributed by atoms with Gasteiger partial charge in [-0.3, -0.25) is 9.48 Å². The predicted molar refractivity (Wildman–Crippen MR) is 59.3 cm³/mol. The normalized spacial score (nSPS) is 10.2. The van der Waals surface area contributed by atoms with Crippen molar-refractivity contribution in [2.75, 3.05) is 0 Å². The Bertz CT molecular complexity index is 537. The van der Waals surface area contributed by atoms with E-state index in [1.54, 1.807) is 24.1 Å². The Balaban J connectivity index is 2.16. The molecule has 0 spiro atoms. The van der Waals surface area contributed by atoms with Crippen molar-refractivity contribution in [1.82, 2.24) is 9.78 Å². The minimum absolute atomic E-state index is 0.0219. The zero-order chi connectivity index (χ0) is 12.3. The van der Waals surface area contributed by atoms with Crippen LogP contribution in [-0.4, -0.2) is 16.1 Å². The second kappa shape index (κ2) is 4.78. The van der Waals surface area contributed by atoms with Gasteiger partial charge in [0.05, 0.1) is 11.8 Å². The number of nitrogens with zero attached hydrogens (tertiary/aromatic N) is 2. The number of carbonyl (C=O) groups excluding carboxylic acids is 1. The molecule has 0 aliphatic heterocycles. The summed E-state index contributed by atoms with van der Waals surface area (Å²) in [6.07, 6.45) is 3.96. The fraction of sp³-hybridized carbons (Fsp3) is 0.167. The van der Waals surface area contributed by atoms with Gasteiger partial charge in [-0.2, -0.15) is 5.10 Å². The zero-order valence-corrected chi connectivity index (χ0v) is 9.26. The van der Waals surface area contributed by atoms with Crippen LogP contribution >= 0.6 is 0 Å². The van der Waals surface area contributed by atoms with Crippen LogP contribution in [0.2, 0.25) is 0 Å². The van der Waals surface area contributed by atoms with Crippen molar-refractivity contribution in [3.8, 4) is 5.75 Å². The molecule has 0 amide bonds. The highest BCUT2D eigenvalue weighted by Crippen LogP contribution is 2.22. The number of hydrogen-bond acceptors (Lipinski definition) is 3. The Hall–Kier alpha value is -2.17. The van der Waals surface area contributed by atoms with E-state index < -0.39 is 5.82 Å². The van der Waals surface area contributed by atoms with Gasteiger partial charge in [0.2, 0.25) is 0 Å². The minimum atomic E-state index is -0.543. The Labute approximate surface area is 97.6 Å². The first-order valence-corrected chi connectivity index (χ1v) is 5.04. The fourth-order valence-electron chi connectivity index (χ4n) is 1.47. The number of carbonyl (C=O) groups is 1. The highest BCUT2D eigenvalue weighted by atomic mass is 19.1. The number of hydrogen-bond donors (Lipinski definition) is 0. The Morgan fingerprint density at radius 1 is 1.53 bits per heavy atom. The molecule has 2 aromatic rings. The van der Waals surface area contributed by atoms with Crippen LogP contribution < -0.4 is 4.74 Å². The Morgan fingerprint density at radius 3 is 3.00 bits per heavy atom. The van der Waals surface area contributed by atoms with E-state index in [1.807, 2.05) is 0 Å². The Morgan fingerprint density at radius 2 is 2.35 bits per heavy atom. The summed E-state index contributed by atoms with van der Waals surface area (Å²) in [6.45, 7) is 0.176. The molecule has 88 valence electrons. The van der Waals surface area contributed by atoms with Crippen LogP contribution in [-0.2, 0) is 13.7 Å². The van der Waals surface area contributed by atoms with Crippen molar-refractivity contribution in [3.63, 3.8) is 0 Å². The number of aromatic nitrogens is 2. The van der Waals surface area contributed by atoms with Gasteiger partial charge in [-0.15, -0.1) is 0 Å². The number of aldehydes is 1. The molecule has 0 saturated heterocycles. The van der Waals surface area contributed by atoms with E-state index in [1.165, 1.54) is 18.2 Å². The molecule has 0 bridgehead atoms. The highest BCUT2D eigenvalue weighted by Gasteiger charge is 2.09. The van der Waals surface area contributed by atoms with Crippen molar-refractivity contribution in [2.45, 2.75) is 6.61 Å². The third-order valence-corrected chi connectivity index (χ3v) is 2.27. The molecule has 0 aliphatic carbocycles. The summed E-state index contributed by atoms with van der Waals surface area (Å²) in [5.41, 5.74) is 1.02. The molecular weight excluding hydrogens is 223 g/mol. The number of para-hydroxylation sites is 1. The monoisotopic (exact) mass is 234 g/mol.